The van der Waals surface area contributed by atoms with Crippen LogP contribution in [-0.2, 0) is 4.74 Å². The summed E-state index contributed by atoms with van der Waals surface area (Å²) in [7, 11) is 5.03. The zero-order valence-electron chi connectivity index (χ0n) is 7.82. The lowest BCUT2D eigenvalue weighted by Crippen LogP contribution is -2.53. The van der Waals surface area contributed by atoms with Crippen molar-refractivity contribution in [2.45, 2.75) is 43.0 Å². The first-order valence-electron chi connectivity index (χ1n) is 4.62. The highest BCUT2D eigenvalue weighted by atomic mass is 31.0. The van der Waals surface area contributed by atoms with E-state index in [4.69, 9.17) is 10.5 Å². The molecule has 5 heteroatoms. The van der Waals surface area contributed by atoms with Gasteiger partial charge in [-0.05, 0) is 6.42 Å². The second-order valence-corrected chi connectivity index (χ2v) is 5.00. The molecular weight excluding hydrogens is 207 g/mol. The first-order chi connectivity index (χ1) is 6.11. The summed E-state index contributed by atoms with van der Waals surface area (Å²) in [6.45, 7) is 2.40. The second kappa shape index (κ2) is 4.98. The van der Waals surface area contributed by atoms with Gasteiger partial charge in [0.1, 0.15) is 6.17 Å². The number of rotatable bonds is 2. The molecule has 13 heavy (non-hydrogen) atoms. The van der Waals surface area contributed by atoms with Crippen molar-refractivity contribution in [1.29, 1.82) is 0 Å². The summed E-state index contributed by atoms with van der Waals surface area (Å²) in [5, 5.41) is 0. The molecule has 1 fully saturated rings. The Morgan fingerprint density at radius 2 is 1.85 bits per heavy atom. The van der Waals surface area contributed by atoms with Gasteiger partial charge < -0.3 is 10.5 Å². The number of ether oxygens (including phenoxy) is 1. The van der Waals surface area contributed by atoms with Gasteiger partial charge in [0.2, 0.25) is 0 Å². The zero-order valence-corrected chi connectivity index (χ0v) is 10.1. The first-order valence-corrected chi connectivity index (χ1v) is 5.95. The summed E-state index contributed by atoms with van der Waals surface area (Å²) in [5.74, 6) is 0. The molecule has 0 aromatic rings. The molecule has 0 aromatic carbocycles. The van der Waals surface area contributed by atoms with Crippen molar-refractivity contribution in [2.24, 2.45) is 5.73 Å². The molecule has 1 rings (SSSR count). The lowest BCUT2D eigenvalue weighted by Gasteiger charge is -2.40. The van der Waals surface area contributed by atoms with Crippen molar-refractivity contribution < 1.29 is 9.13 Å². The Labute approximate surface area is 83.6 Å². The SMILES string of the molecule is CCC1OC(CN)C(P)C(F)C1P. The van der Waals surface area contributed by atoms with Crippen LogP contribution in [0.25, 0.3) is 0 Å². The Morgan fingerprint density at radius 1 is 1.31 bits per heavy atom. The summed E-state index contributed by atoms with van der Waals surface area (Å²) in [4.78, 5) is 0. The Bertz CT molecular complexity index is 152. The van der Waals surface area contributed by atoms with Crippen LogP contribution in [-0.4, -0.2) is 36.2 Å². The van der Waals surface area contributed by atoms with Crippen LogP contribution in [0.1, 0.15) is 13.3 Å². The molecule has 1 aliphatic heterocycles. The van der Waals surface area contributed by atoms with E-state index >= 15 is 0 Å². The van der Waals surface area contributed by atoms with Crippen molar-refractivity contribution >= 4 is 18.5 Å². The van der Waals surface area contributed by atoms with Crippen LogP contribution in [0.15, 0.2) is 0 Å². The Morgan fingerprint density at radius 3 is 2.31 bits per heavy atom. The highest BCUT2D eigenvalue weighted by Gasteiger charge is 2.40. The average Bonchev–Trinajstić information content (AvgIpc) is 2.15. The number of halogens is 1. The van der Waals surface area contributed by atoms with E-state index in [9.17, 15) is 4.39 Å². The summed E-state index contributed by atoms with van der Waals surface area (Å²) in [5.41, 5.74) is 5.23. The van der Waals surface area contributed by atoms with Crippen molar-refractivity contribution in [1.82, 2.24) is 0 Å². The fraction of sp³-hybridized carbons (Fsp3) is 1.00. The van der Waals surface area contributed by atoms with E-state index in [0.717, 1.165) is 6.42 Å². The fourth-order valence-corrected chi connectivity index (χ4v) is 3.03. The Balaban J connectivity index is 2.66. The van der Waals surface area contributed by atoms with Gasteiger partial charge in [0, 0.05) is 17.9 Å². The molecule has 2 N–H and O–H groups in total. The predicted octanol–water partition coefficient (Wildman–Crippen LogP) is 0.948. The van der Waals surface area contributed by atoms with Crippen LogP contribution in [0.3, 0.4) is 0 Å². The maximum absolute atomic E-state index is 13.7. The average molecular weight is 225 g/mol. The monoisotopic (exact) mass is 225 g/mol. The number of alkyl halides is 1. The van der Waals surface area contributed by atoms with Gasteiger partial charge in [0.25, 0.3) is 0 Å². The Hall–Kier alpha value is 0.710. The van der Waals surface area contributed by atoms with Gasteiger partial charge in [-0.1, -0.05) is 6.92 Å². The number of hydrogen-bond acceptors (Lipinski definition) is 2. The van der Waals surface area contributed by atoms with Crippen LogP contribution in [0.5, 0.6) is 0 Å². The molecule has 0 spiro atoms. The minimum atomic E-state index is -0.845. The van der Waals surface area contributed by atoms with Crippen LogP contribution in [0, 0.1) is 0 Å². The molecule has 0 bridgehead atoms. The first kappa shape index (κ1) is 11.8. The van der Waals surface area contributed by atoms with Gasteiger partial charge in [-0.3, -0.25) is 0 Å². The van der Waals surface area contributed by atoms with Gasteiger partial charge in [-0.25, -0.2) is 4.39 Å². The normalized spacial score (nSPS) is 46.4. The molecule has 0 saturated carbocycles. The number of hydrogen-bond donors (Lipinski definition) is 1. The van der Waals surface area contributed by atoms with E-state index in [-0.39, 0.29) is 23.5 Å². The molecule has 1 aliphatic rings. The third kappa shape index (κ3) is 2.39. The molecule has 2 nitrogen and oxygen atoms in total. The molecule has 0 radical (unpaired) electrons. The van der Waals surface area contributed by atoms with Gasteiger partial charge in [-0.15, -0.1) is 18.5 Å². The molecule has 1 saturated heterocycles. The lowest BCUT2D eigenvalue weighted by molar-refractivity contribution is -0.0632. The maximum atomic E-state index is 13.7. The van der Waals surface area contributed by atoms with Crippen LogP contribution in [0.2, 0.25) is 0 Å². The largest absolute Gasteiger partial charge is 0.372 e. The van der Waals surface area contributed by atoms with E-state index in [1.54, 1.807) is 0 Å². The predicted molar refractivity (Wildman–Crippen MR) is 59.9 cm³/mol. The van der Waals surface area contributed by atoms with Crippen molar-refractivity contribution in [2.75, 3.05) is 6.54 Å². The molecule has 0 aromatic heterocycles. The second-order valence-electron chi connectivity index (χ2n) is 3.46. The molecule has 1 heterocycles. The third-order valence-electron chi connectivity index (χ3n) is 2.58. The van der Waals surface area contributed by atoms with Crippen LogP contribution >= 0.6 is 18.5 Å². The standard InChI is InChI=1S/C8H18FNOP2/c1-2-4-7(12)6(9)8(13)5(3-10)11-4/h4-8H,2-3,10,12-13H2,1H3. The summed E-state index contributed by atoms with van der Waals surface area (Å²) in [6.07, 6.45) is -0.169. The van der Waals surface area contributed by atoms with E-state index in [2.05, 4.69) is 18.5 Å². The van der Waals surface area contributed by atoms with Gasteiger partial charge in [0.05, 0.1) is 12.2 Å². The Kier molecular flexibility index (Phi) is 4.51. The topological polar surface area (TPSA) is 35.2 Å². The third-order valence-corrected chi connectivity index (χ3v) is 4.17. The van der Waals surface area contributed by atoms with E-state index in [0.29, 0.717) is 6.54 Å². The molecule has 78 valence electrons. The van der Waals surface area contributed by atoms with Gasteiger partial charge in [-0.2, -0.15) is 0 Å². The van der Waals surface area contributed by atoms with E-state index in [1.807, 2.05) is 6.92 Å². The van der Waals surface area contributed by atoms with E-state index in [1.165, 1.54) is 0 Å². The van der Waals surface area contributed by atoms with Gasteiger partial charge in [0.15, 0.2) is 0 Å². The van der Waals surface area contributed by atoms with Crippen molar-refractivity contribution in [3.05, 3.63) is 0 Å². The summed E-state index contributed by atoms with van der Waals surface area (Å²) < 4.78 is 19.3. The molecular formula is C8H18FNOP2. The molecule has 7 atom stereocenters. The van der Waals surface area contributed by atoms with Gasteiger partial charge >= 0.3 is 0 Å². The highest BCUT2D eigenvalue weighted by Crippen LogP contribution is 2.33. The van der Waals surface area contributed by atoms with E-state index < -0.39 is 6.17 Å². The molecule has 7 unspecified atom stereocenters. The summed E-state index contributed by atoms with van der Waals surface area (Å²) >= 11 is 0. The quantitative estimate of drug-likeness (QED) is 0.710. The minimum absolute atomic E-state index is 0.00894. The van der Waals surface area contributed by atoms with Crippen molar-refractivity contribution in [3.8, 4) is 0 Å². The fourth-order valence-electron chi connectivity index (χ4n) is 1.65. The van der Waals surface area contributed by atoms with Crippen LogP contribution in [0.4, 0.5) is 4.39 Å². The maximum Gasteiger partial charge on any atom is 0.118 e. The van der Waals surface area contributed by atoms with Crippen LogP contribution < -0.4 is 5.73 Å². The summed E-state index contributed by atoms with van der Waals surface area (Å²) in [6, 6.07) is 0. The minimum Gasteiger partial charge on any atom is -0.372 e. The lowest BCUT2D eigenvalue weighted by atomic mass is 9.99. The van der Waals surface area contributed by atoms with Crippen molar-refractivity contribution in [3.63, 3.8) is 0 Å². The highest BCUT2D eigenvalue weighted by molar-refractivity contribution is 7.19. The molecule has 0 amide bonds. The zero-order chi connectivity index (χ0) is 10.0. The smallest absolute Gasteiger partial charge is 0.118 e. The molecule has 0 aliphatic carbocycles. The number of nitrogens with two attached hydrogens (primary N) is 1.